The van der Waals surface area contributed by atoms with Crippen LogP contribution >= 0.6 is 31.9 Å². The van der Waals surface area contributed by atoms with Gasteiger partial charge in [-0.2, -0.15) is 0 Å². The third-order valence-electron chi connectivity index (χ3n) is 4.88. The van der Waals surface area contributed by atoms with E-state index in [0.717, 1.165) is 19.3 Å². The zero-order valence-electron chi connectivity index (χ0n) is 13.3. The molecule has 3 nitrogen and oxygen atoms in total. The molecule has 0 amide bonds. The molecule has 0 bridgehead atoms. The Morgan fingerprint density at radius 1 is 1.32 bits per heavy atom. The first-order chi connectivity index (χ1) is 10.4. The fourth-order valence-electron chi connectivity index (χ4n) is 3.96. The number of rotatable bonds is 2. The summed E-state index contributed by atoms with van der Waals surface area (Å²) in [5.74, 6) is -0.695. The average Bonchev–Trinajstić information content (AvgIpc) is 2.97. The van der Waals surface area contributed by atoms with Crippen molar-refractivity contribution in [1.82, 2.24) is 0 Å². The summed E-state index contributed by atoms with van der Waals surface area (Å²) < 4.78 is 12.1. The van der Waals surface area contributed by atoms with Gasteiger partial charge < -0.3 is 14.6 Å². The first-order valence-corrected chi connectivity index (χ1v) is 9.79. The molecule has 0 aromatic carbocycles. The molecule has 2 heterocycles. The van der Waals surface area contributed by atoms with E-state index in [2.05, 4.69) is 51.9 Å². The van der Waals surface area contributed by atoms with Gasteiger partial charge in [0, 0.05) is 17.2 Å². The Labute approximate surface area is 150 Å². The number of alkyl halides is 2. The highest BCUT2D eigenvalue weighted by molar-refractivity contribution is 9.10. The molecule has 2 aliphatic heterocycles. The van der Waals surface area contributed by atoms with Crippen molar-refractivity contribution in [3.8, 4) is 0 Å². The maximum atomic E-state index is 11.0. The van der Waals surface area contributed by atoms with E-state index >= 15 is 0 Å². The van der Waals surface area contributed by atoms with E-state index in [9.17, 15) is 5.11 Å². The average molecular weight is 438 g/mol. The molecule has 8 atom stereocenters. The van der Waals surface area contributed by atoms with E-state index < -0.39 is 5.79 Å². The first kappa shape index (κ1) is 18.7. The molecule has 3 fully saturated rings. The number of halogens is 2. The van der Waals surface area contributed by atoms with E-state index in [4.69, 9.17) is 9.47 Å². The van der Waals surface area contributed by atoms with Crippen molar-refractivity contribution in [3.63, 3.8) is 0 Å². The number of ether oxygens (including phenoxy) is 2. The topological polar surface area (TPSA) is 38.7 Å². The van der Waals surface area contributed by atoms with E-state index in [1.54, 1.807) is 6.08 Å². The van der Waals surface area contributed by atoms with E-state index in [-0.39, 0.29) is 29.1 Å². The number of aliphatic hydroxyl groups is 1. The fraction of sp³-hybridized carbons (Fsp3) is 0.765. The van der Waals surface area contributed by atoms with Crippen molar-refractivity contribution < 1.29 is 14.6 Å². The van der Waals surface area contributed by atoms with Crippen molar-refractivity contribution >= 4 is 31.9 Å². The van der Waals surface area contributed by atoms with E-state index in [1.165, 1.54) is 0 Å². The molecule has 2 saturated heterocycles. The number of hydrogen-bond acceptors (Lipinski definition) is 3. The molecule has 0 spiro atoms. The van der Waals surface area contributed by atoms with Crippen LogP contribution in [0.1, 0.15) is 33.1 Å². The maximum Gasteiger partial charge on any atom is 0.184 e. The van der Waals surface area contributed by atoms with Crippen LogP contribution in [0.2, 0.25) is 0 Å². The van der Waals surface area contributed by atoms with Crippen LogP contribution in [0.3, 0.4) is 0 Å². The van der Waals surface area contributed by atoms with Gasteiger partial charge in [-0.05, 0) is 19.3 Å². The van der Waals surface area contributed by atoms with Gasteiger partial charge in [0.25, 0.3) is 0 Å². The molecule has 1 saturated carbocycles. The minimum absolute atomic E-state index is 0.00935. The number of fused-ring (bicyclic) bond motifs is 3. The molecular formula is C17H26Br2O3. The Morgan fingerprint density at radius 2 is 1.95 bits per heavy atom. The summed E-state index contributed by atoms with van der Waals surface area (Å²) in [5, 5.41) is 11.0. The lowest BCUT2D eigenvalue weighted by Crippen LogP contribution is -2.56. The summed E-state index contributed by atoms with van der Waals surface area (Å²) in [7, 11) is 0. The predicted molar refractivity (Wildman–Crippen MR) is 96.5 cm³/mol. The summed E-state index contributed by atoms with van der Waals surface area (Å²) in [6.45, 7) is 11.2. The van der Waals surface area contributed by atoms with Crippen LogP contribution in [0, 0.1) is 11.8 Å². The van der Waals surface area contributed by atoms with Crippen LogP contribution in [0.15, 0.2) is 25.3 Å². The van der Waals surface area contributed by atoms with Gasteiger partial charge in [-0.1, -0.05) is 57.4 Å². The summed E-state index contributed by atoms with van der Waals surface area (Å²) in [6.07, 6.45) is 6.30. The molecule has 0 aromatic rings. The molecule has 3 rings (SSSR count). The van der Waals surface area contributed by atoms with Crippen molar-refractivity contribution in [2.75, 3.05) is 0 Å². The van der Waals surface area contributed by atoms with E-state index in [0.29, 0.717) is 10.7 Å². The predicted octanol–water partition coefficient (Wildman–Crippen LogP) is 4.18. The Morgan fingerprint density at radius 3 is 2.50 bits per heavy atom. The second kappa shape index (κ2) is 7.47. The molecular weight excluding hydrogens is 412 g/mol. The largest absolute Gasteiger partial charge is 0.368 e. The Bertz CT molecular complexity index is 417. The summed E-state index contributed by atoms with van der Waals surface area (Å²) in [6, 6.07) is 0. The second-order valence-corrected chi connectivity index (χ2v) is 8.53. The number of allylic oxidation sites excluding steroid dienone is 1. The lowest BCUT2D eigenvalue weighted by atomic mass is 9.71. The molecule has 3 aliphatic rings. The second-order valence-electron chi connectivity index (χ2n) is 6.24. The van der Waals surface area contributed by atoms with Gasteiger partial charge in [0.15, 0.2) is 5.79 Å². The van der Waals surface area contributed by atoms with Crippen LogP contribution in [0.5, 0.6) is 0 Å². The SMILES string of the molecule is C=CC.C=C[C@H]1C[C@@H]2OC3(O)C([C@H](CC)[C@@H](Br)C[C@H]3Br)[C@@H]2O1. The highest BCUT2D eigenvalue weighted by Gasteiger charge is 2.65. The highest BCUT2D eigenvalue weighted by Crippen LogP contribution is 2.56. The molecule has 1 aliphatic carbocycles. The van der Waals surface area contributed by atoms with Crippen molar-refractivity contribution in [2.45, 2.75) is 66.9 Å². The first-order valence-electron chi connectivity index (χ1n) is 7.96. The van der Waals surface area contributed by atoms with Gasteiger partial charge in [-0.25, -0.2) is 0 Å². The standard InChI is InChI=1S/C14H20Br2O3.C3H6/c1-3-7-5-10-13(18-7)12-8(4-2)9(15)6-11(16)14(12,17)19-10;1-3-2/h3,7-13,17H,1,4-6H2,2H3;3H,1H2,2H3/t7-,8+,9-,10-,11+,12?,13+,14?;/m0./s1. The maximum absolute atomic E-state index is 11.0. The Kier molecular flexibility index (Phi) is 6.34. The van der Waals surface area contributed by atoms with Crippen LogP contribution in [0.25, 0.3) is 0 Å². The highest BCUT2D eigenvalue weighted by atomic mass is 79.9. The van der Waals surface area contributed by atoms with Gasteiger partial charge in [0.1, 0.15) is 0 Å². The van der Waals surface area contributed by atoms with Crippen molar-refractivity contribution in [2.24, 2.45) is 11.8 Å². The zero-order valence-corrected chi connectivity index (χ0v) is 16.4. The van der Waals surface area contributed by atoms with E-state index in [1.807, 2.05) is 13.0 Å². The molecule has 5 heteroatoms. The summed E-state index contributed by atoms with van der Waals surface area (Å²) in [4.78, 5) is 0.342. The van der Waals surface area contributed by atoms with Crippen LogP contribution in [-0.4, -0.2) is 38.9 Å². The van der Waals surface area contributed by atoms with Gasteiger partial charge in [-0.3, -0.25) is 0 Å². The van der Waals surface area contributed by atoms with Crippen LogP contribution in [-0.2, 0) is 9.47 Å². The molecule has 22 heavy (non-hydrogen) atoms. The lowest BCUT2D eigenvalue weighted by molar-refractivity contribution is -0.232. The normalized spacial score (nSPS) is 49.6. The molecule has 0 radical (unpaired) electrons. The molecule has 126 valence electrons. The van der Waals surface area contributed by atoms with Gasteiger partial charge in [0.05, 0.1) is 23.1 Å². The number of hydrogen-bond donors (Lipinski definition) is 1. The summed E-state index contributed by atoms with van der Waals surface area (Å²) >= 11 is 7.38. The van der Waals surface area contributed by atoms with Crippen molar-refractivity contribution in [1.29, 1.82) is 0 Å². The lowest BCUT2D eigenvalue weighted by Gasteiger charge is -2.46. The minimum atomic E-state index is -1.09. The third kappa shape index (κ3) is 3.12. The zero-order chi connectivity index (χ0) is 16.5. The molecule has 1 N–H and O–H groups in total. The van der Waals surface area contributed by atoms with Gasteiger partial charge >= 0.3 is 0 Å². The van der Waals surface area contributed by atoms with Gasteiger partial charge in [0.2, 0.25) is 0 Å². The third-order valence-corrected chi connectivity index (χ3v) is 6.96. The molecule has 0 aromatic heterocycles. The monoisotopic (exact) mass is 436 g/mol. The Balaban J connectivity index is 0.000000545. The smallest absolute Gasteiger partial charge is 0.184 e. The van der Waals surface area contributed by atoms with Gasteiger partial charge in [-0.15, -0.1) is 13.2 Å². The summed E-state index contributed by atoms with van der Waals surface area (Å²) in [5.41, 5.74) is 0. The molecule has 2 unspecified atom stereocenters. The fourth-order valence-corrected chi connectivity index (χ4v) is 6.35. The quantitative estimate of drug-likeness (QED) is 0.520. The Hall–Kier alpha value is 0.320. The van der Waals surface area contributed by atoms with Crippen LogP contribution < -0.4 is 0 Å². The minimum Gasteiger partial charge on any atom is -0.368 e. The van der Waals surface area contributed by atoms with Crippen molar-refractivity contribution in [3.05, 3.63) is 25.3 Å². The van der Waals surface area contributed by atoms with Crippen LogP contribution in [0.4, 0.5) is 0 Å².